The minimum Gasteiger partial charge on any atom is -0.376 e. The summed E-state index contributed by atoms with van der Waals surface area (Å²) in [4.78, 5) is 15.2. The first-order valence-electron chi connectivity index (χ1n) is 48.7. The maximum absolute atomic E-state index is 2.66. The summed E-state index contributed by atoms with van der Waals surface area (Å²) in [7, 11) is 0. The molecule has 26 rings (SSSR count). The van der Waals surface area contributed by atoms with Gasteiger partial charge in [0.1, 0.15) is 0 Å². The van der Waals surface area contributed by atoms with Crippen LogP contribution in [0.1, 0.15) is 5.56 Å². The van der Waals surface area contributed by atoms with Gasteiger partial charge in [-0.3, -0.25) is 0 Å². The van der Waals surface area contributed by atoms with E-state index in [-0.39, 0.29) is 13.7 Å². The normalized spacial score (nSPS) is 12.3. The summed E-state index contributed by atoms with van der Waals surface area (Å²) in [6.45, 7) is 1.70. The molecule has 0 bridgehead atoms. The van der Waals surface area contributed by atoms with Gasteiger partial charge in [0.25, 0.3) is 0 Å². The van der Waals surface area contributed by atoms with Gasteiger partial charge in [-0.15, -0.1) is 0 Å². The number of para-hydroxylation sites is 4. The van der Waals surface area contributed by atoms with E-state index < -0.39 is 0 Å². The lowest BCUT2D eigenvalue weighted by atomic mass is 9.43. The number of aryl methyl sites for hydroxylation is 1. The van der Waals surface area contributed by atoms with Gasteiger partial charge in [0.05, 0.1) is 0 Å². The number of anilines is 16. The monoisotopic (exact) mass is 1790 g/mol. The van der Waals surface area contributed by atoms with Crippen molar-refractivity contribution in [3.63, 3.8) is 0 Å². The van der Waals surface area contributed by atoms with E-state index in [0.717, 1.165) is 174 Å². The van der Waals surface area contributed by atoms with Gasteiger partial charge in [-0.05, 0) is 303 Å². The molecule has 0 aliphatic carbocycles. The maximum Gasteiger partial charge on any atom is 0.333 e. The molecule has 22 aromatic rings. The molecule has 0 N–H and O–H groups in total. The van der Waals surface area contributed by atoms with Crippen LogP contribution in [0.4, 0.5) is 91.0 Å². The highest BCUT2D eigenvalue weighted by Crippen LogP contribution is 2.55. The highest BCUT2D eigenvalue weighted by atomic mass is 15.2. The minimum absolute atomic E-state index is 0.267. The molecule has 4 aliphatic heterocycles. The molecule has 0 atom stereocenters. The third-order valence-corrected chi connectivity index (χ3v) is 28.9. The SMILES string of the molecule is Cc1ccc(-c2ccccc2)cc1N1c2ccc(-c3ccccc3)cc2B2c3c(cc(-c4ccccc4)cc31)-c1ccc(N(c3ccccc3)c3ccccc3)cc1N2c1ccc(-c2ccc(-c3ccc(-c4cc5c6c(c4)N(c4ccc(-c7ccccc7)cc4)c4ccc(-c7ccccc7)cc4B6N(c4ccc(-c6ccccc6)cc4)c4ccc(N(c6ccccc6)c6ccccc6)cc4-5)cc3)cc2)cc1. The number of hydrogen-bond donors (Lipinski definition) is 0. The Morgan fingerprint density at radius 1 is 0.156 bits per heavy atom. The van der Waals surface area contributed by atoms with E-state index in [1.54, 1.807) is 0 Å². The van der Waals surface area contributed by atoms with E-state index in [2.05, 4.69) is 576 Å². The highest BCUT2D eigenvalue weighted by molar-refractivity contribution is 6.94. The second kappa shape index (κ2) is 35.5. The summed E-state index contributed by atoms with van der Waals surface area (Å²) in [6, 6.07) is 200. The van der Waals surface area contributed by atoms with Crippen LogP contribution >= 0.6 is 0 Å². The largest absolute Gasteiger partial charge is 0.376 e. The van der Waals surface area contributed by atoms with Gasteiger partial charge in [-0.2, -0.15) is 0 Å². The molecule has 0 fully saturated rings. The van der Waals surface area contributed by atoms with Gasteiger partial charge in [-0.25, -0.2) is 0 Å². The minimum atomic E-state index is -0.298. The summed E-state index contributed by atoms with van der Waals surface area (Å²) in [6.07, 6.45) is 0. The number of fused-ring (bicyclic) bond motifs is 8. The number of rotatable bonds is 19. The second-order valence-electron chi connectivity index (χ2n) is 37.1. The van der Waals surface area contributed by atoms with Crippen molar-refractivity contribution in [2.75, 3.05) is 29.2 Å². The molecule has 0 spiro atoms. The lowest BCUT2D eigenvalue weighted by Gasteiger charge is -2.46. The molecule has 0 saturated heterocycles. The molecule has 0 amide bonds. The predicted molar refractivity (Wildman–Crippen MR) is 597 cm³/mol. The Bertz CT molecular complexity index is 8350. The van der Waals surface area contributed by atoms with Crippen molar-refractivity contribution < 1.29 is 0 Å². The Morgan fingerprint density at radius 3 is 0.823 bits per heavy atom. The van der Waals surface area contributed by atoms with E-state index in [0.29, 0.717) is 0 Å². The number of nitrogens with zero attached hydrogens (tertiary/aromatic N) is 6. The van der Waals surface area contributed by atoms with Crippen LogP contribution in [-0.2, 0) is 0 Å². The van der Waals surface area contributed by atoms with Gasteiger partial charge < -0.3 is 29.2 Å². The summed E-state index contributed by atoms with van der Waals surface area (Å²) in [5.41, 5.74) is 49.1. The molecule has 8 heteroatoms. The van der Waals surface area contributed by atoms with Crippen LogP contribution in [0, 0.1) is 6.92 Å². The van der Waals surface area contributed by atoms with Gasteiger partial charge >= 0.3 is 13.7 Å². The topological polar surface area (TPSA) is 19.4 Å². The zero-order valence-electron chi connectivity index (χ0n) is 77.7. The van der Waals surface area contributed by atoms with E-state index in [1.165, 1.54) is 66.4 Å². The van der Waals surface area contributed by atoms with Crippen LogP contribution in [0.2, 0.25) is 0 Å². The van der Waals surface area contributed by atoms with Crippen LogP contribution in [-0.4, -0.2) is 13.7 Å². The average Bonchev–Trinajstić information content (AvgIpc) is 0.692. The Morgan fingerprint density at radius 2 is 0.426 bits per heavy atom. The fraction of sp³-hybridized carbons (Fsp3) is 0.00752. The van der Waals surface area contributed by atoms with Crippen molar-refractivity contribution in [2.45, 2.75) is 6.92 Å². The molecule has 4 heterocycles. The van der Waals surface area contributed by atoms with E-state index >= 15 is 0 Å². The predicted octanol–water partition coefficient (Wildman–Crippen LogP) is 33.4. The van der Waals surface area contributed by atoms with Gasteiger partial charge in [0.2, 0.25) is 0 Å². The second-order valence-corrected chi connectivity index (χ2v) is 37.1. The van der Waals surface area contributed by atoms with Crippen molar-refractivity contribution in [1.82, 2.24) is 0 Å². The molecule has 0 unspecified atom stereocenters. The third-order valence-electron chi connectivity index (χ3n) is 28.9. The third kappa shape index (κ3) is 15.0. The van der Waals surface area contributed by atoms with Gasteiger partial charge in [-0.1, -0.05) is 382 Å². The van der Waals surface area contributed by atoms with Crippen molar-refractivity contribution in [3.05, 3.63) is 545 Å². The zero-order chi connectivity index (χ0) is 93.4. The first kappa shape index (κ1) is 83.4. The maximum atomic E-state index is 2.66. The molecule has 22 aromatic carbocycles. The quantitative estimate of drug-likeness (QED) is 0.0746. The van der Waals surface area contributed by atoms with Gasteiger partial charge in [0.15, 0.2) is 0 Å². The molecule has 0 saturated carbocycles. The number of hydrogen-bond acceptors (Lipinski definition) is 6. The first-order chi connectivity index (χ1) is 69.8. The fourth-order valence-electron chi connectivity index (χ4n) is 22.1. The smallest absolute Gasteiger partial charge is 0.333 e. The molecule has 6 nitrogen and oxygen atoms in total. The van der Waals surface area contributed by atoms with Crippen LogP contribution < -0.4 is 51.1 Å². The summed E-state index contributed by atoms with van der Waals surface area (Å²) in [5.74, 6) is 0. The Labute approximate surface area is 824 Å². The van der Waals surface area contributed by atoms with Crippen molar-refractivity contribution in [2.24, 2.45) is 0 Å². The molecular weight excluding hydrogens is 1700 g/mol. The summed E-state index contributed by atoms with van der Waals surface area (Å²) >= 11 is 0. The lowest BCUT2D eigenvalue weighted by Crippen LogP contribution is -2.61. The van der Waals surface area contributed by atoms with Crippen molar-refractivity contribution >= 4 is 127 Å². The Hall–Kier alpha value is -18.2. The average molecular weight is 1800 g/mol. The van der Waals surface area contributed by atoms with Crippen molar-refractivity contribution in [1.29, 1.82) is 0 Å². The lowest BCUT2D eigenvalue weighted by molar-refractivity contribution is 1.24. The first-order valence-corrected chi connectivity index (χ1v) is 48.7. The Balaban J connectivity index is 0.609. The molecule has 0 aromatic heterocycles. The van der Waals surface area contributed by atoms with Crippen LogP contribution in [0.5, 0.6) is 0 Å². The number of benzene rings is 22. The van der Waals surface area contributed by atoms with E-state index in [9.17, 15) is 0 Å². The molecular formula is C133H92B2N6. The highest BCUT2D eigenvalue weighted by Gasteiger charge is 2.49. The van der Waals surface area contributed by atoms with Crippen LogP contribution in [0.15, 0.2) is 540 Å². The van der Waals surface area contributed by atoms with Crippen molar-refractivity contribution in [3.8, 4) is 122 Å². The standard InChI is InChI=1S/C133H92B2N6/c1-91-52-53-107(96-40-20-6-21-41-96)86-128(91)139-127-80-69-106(95-38-18-5-19-39-95)85-124(127)135-132-121(82-108(88-131(132)139)97-42-22-7-23-43-97)119-78-76-118(137(112-48-28-10-29-49-112)113-50-30-11-31-51-113)90-129(119)141(135)116-74-66-103(67-75-116)100-56-54-98(55-57-100)99-58-60-104(61-59-99)109-83-122-120-89-117(136(110-44-24-8-25-45-110)111-46-26-9-27-47-111)77-81-125(120)140(115-72-64-102(65-73-115)93-34-14-3-15-35-93)134-123-84-105(94-36-16-4-17-37-94)68-79-126(123)138(130(87-109)133(122)134)114-70-62-101(63-71-114)92-32-12-2-13-33-92/h2-90H,1H3. The summed E-state index contributed by atoms with van der Waals surface area (Å²) in [5, 5.41) is 0. The zero-order valence-corrected chi connectivity index (χ0v) is 77.7. The van der Waals surface area contributed by atoms with Gasteiger partial charge in [0, 0.05) is 102 Å². The fourth-order valence-corrected chi connectivity index (χ4v) is 22.1. The molecule has 0 radical (unpaired) electrons. The van der Waals surface area contributed by atoms with E-state index in [1.807, 2.05) is 0 Å². The Kier molecular flexibility index (Phi) is 21.0. The summed E-state index contributed by atoms with van der Waals surface area (Å²) < 4.78 is 0. The molecule has 4 aliphatic rings. The molecule has 141 heavy (non-hydrogen) atoms. The molecule has 660 valence electrons. The van der Waals surface area contributed by atoms with Crippen LogP contribution in [0.3, 0.4) is 0 Å². The van der Waals surface area contributed by atoms with Crippen LogP contribution in [0.25, 0.3) is 122 Å². The van der Waals surface area contributed by atoms with E-state index in [4.69, 9.17) is 0 Å².